The highest BCUT2D eigenvalue weighted by molar-refractivity contribution is 6.30. The molecule has 4 heteroatoms. The molecule has 17 heavy (non-hydrogen) atoms. The van der Waals surface area contributed by atoms with Gasteiger partial charge in [-0.15, -0.1) is 0 Å². The van der Waals surface area contributed by atoms with E-state index in [4.69, 9.17) is 11.6 Å². The highest BCUT2D eigenvalue weighted by Crippen LogP contribution is 2.39. The molecule has 0 heterocycles. The van der Waals surface area contributed by atoms with E-state index in [0.29, 0.717) is 17.1 Å². The molecular weight excluding hydrogens is 241 g/mol. The topological polar surface area (TPSA) is 32.3 Å². The van der Waals surface area contributed by atoms with E-state index < -0.39 is 0 Å². The Labute approximate surface area is 106 Å². The van der Waals surface area contributed by atoms with Crippen molar-refractivity contribution in [3.05, 3.63) is 34.6 Å². The van der Waals surface area contributed by atoms with Gasteiger partial charge in [0, 0.05) is 35.7 Å². The molecule has 1 aromatic carbocycles. The van der Waals surface area contributed by atoms with Crippen molar-refractivity contribution in [3.8, 4) is 0 Å². The van der Waals surface area contributed by atoms with Gasteiger partial charge in [-0.3, -0.25) is 0 Å². The van der Waals surface area contributed by atoms with E-state index in [1.54, 1.807) is 12.1 Å². The molecule has 1 aromatic rings. The first-order valence-corrected chi connectivity index (χ1v) is 6.29. The first-order valence-electron chi connectivity index (χ1n) is 5.91. The predicted octanol–water partition coefficient (Wildman–Crippen LogP) is 2.73. The molecule has 2 N–H and O–H groups in total. The van der Waals surface area contributed by atoms with Gasteiger partial charge in [-0.2, -0.15) is 0 Å². The van der Waals surface area contributed by atoms with Crippen molar-refractivity contribution in [2.24, 2.45) is 5.41 Å². The molecule has 0 spiro atoms. The summed E-state index contributed by atoms with van der Waals surface area (Å²) in [4.78, 5) is 0. The fourth-order valence-corrected chi connectivity index (χ4v) is 2.40. The second-order valence-electron chi connectivity index (χ2n) is 4.85. The first kappa shape index (κ1) is 12.8. The van der Waals surface area contributed by atoms with Crippen molar-refractivity contribution >= 4 is 11.6 Å². The summed E-state index contributed by atoms with van der Waals surface area (Å²) in [5, 5.41) is 13.0. The normalized spacial score (nSPS) is 17.8. The van der Waals surface area contributed by atoms with Gasteiger partial charge in [-0.1, -0.05) is 18.0 Å². The summed E-state index contributed by atoms with van der Waals surface area (Å²) in [7, 11) is 0. The minimum absolute atomic E-state index is 0.0229. The highest BCUT2D eigenvalue weighted by Gasteiger charge is 2.35. The molecule has 1 fully saturated rings. The maximum Gasteiger partial charge on any atom is 0.127 e. The zero-order valence-electron chi connectivity index (χ0n) is 9.68. The van der Waals surface area contributed by atoms with Crippen LogP contribution in [0, 0.1) is 11.2 Å². The molecule has 0 radical (unpaired) electrons. The zero-order chi connectivity index (χ0) is 12.3. The molecule has 0 bridgehead atoms. The van der Waals surface area contributed by atoms with Crippen LogP contribution in [0.4, 0.5) is 4.39 Å². The number of nitrogens with one attached hydrogen (secondary N) is 1. The Balaban J connectivity index is 1.87. The summed E-state index contributed by atoms with van der Waals surface area (Å²) in [6.07, 6.45) is 3.27. The van der Waals surface area contributed by atoms with Crippen LogP contribution in [0.3, 0.4) is 0 Å². The predicted molar refractivity (Wildman–Crippen MR) is 66.5 cm³/mol. The monoisotopic (exact) mass is 257 g/mol. The largest absolute Gasteiger partial charge is 0.396 e. The van der Waals surface area contributed by atoms with Crippen molar-refractivity contribution in [1.29, 1.82) is 0 Å². The van der Waals surface area contributed by atoms with Gasteiger partial charge in [0.2, 0.25) is 0 Å². The summed E-state index contributed by atoms with van der Waals surface area (Å²) >= 11 is 5.82. The van der Waals surface area contributed by atoms with Gasteiger partial charge < -0.3 is 10.4 Å². The minimum Gasteiger partial charge on any atom is -0.396 e. The lowest BCUT2D eigenvalue weighted by Crippen LogP contribution is -2.42. The highest BCUT2D eigenvalue weighted by atomic mass is 35.5. The van der Waals surface area contributed by atoms with Crippen LogP contribution >= 0.6 is 11.6 Å². The number of hydrogen-bond donors (Lipinski definition) is 2. The van der Waals surface area contributed by atoms with Gasteiger partial charge in [0.15, 0.2) is 0 Å². The SMILES string of the molecule is OCC1(CNCc2cc(Cl)ccc2F)CCC1. The second kappa shape index (κ2) is 5.34. The van der Waals surface area contributed by atoms with Crippen LogP contribution in [0.5, 0.6) is 0 Å². The minimum atomic E-state index is -0.242. The Hall–Kier alpha value is -0.640. The van der Waals surface area contributed by atoms with Crippen LogP contribution in [0.25, 0.3) is 0 Å². The van der Waals surface area contributed by atoms with Gasteiger partial charge in [-0.05, 0) is 31.0 Å². The Bertz CT molecular complexity index is 387. The van der Waals surface area contributed by atoms with Crippen molar-refractivity contribution in [1.82, 2.24) is 5.32 Å². The van der Waals surface area contributed by atoms with Crippen molar-refractivity contribution in [3.63, 3.8) is 0 Å². The van der Waals surface area contributed by atoms with Crippen LogP contribution in [0.2, 0.25) is 5.02 Å². The van der Waals surface area contributed by atoms with Gasteiger partial charge in [0.1, 0.15) is 5.82 Å². The van der Waals surface area contributed by atoms with E-state index in [2.05, 4.69) is 5.32 Å². The fraction of sp³-hybridized carbons (Fsp3) is 0.538. The molecule has 94 valence electrons. The Morgan fingerprint density at radius 3 is 2.76 bits per heavy atom. The lowest BCUT2D eigenvalue weighted by atomic mass is 9.69. The molecule has 0 aliphatic heterocycles. The molecule has 1 aliphatic carbocycles. The molecule has 1 saturated carbocycles. The average molecular weight is 258 g/mol. The first-order chi connectivity index (χ1) is 8.15. The van der Waals surface area contributed by atoms with Gasteiger partial charge in [0.05, 0.1) is 0 Å². The number of halogens is 2. The van der Waals surface area contributed by atoms with E-state index >= 15 is 0 Å². The summed E-state index contributed by atoms with van der Waals surface area (Å²) < 4.78 is 13.4. The molecular formula is C13H17ClFNO. The molecule has 2 nitrogen and oxygen atoms in total. The van der Waals surface area contributed by atoms with Crippen LogP contribution in [-0.2, 0) is 6.54 Å². The summed E-state index contributed by atoms with van der Waals surface area (Å²) in [6, 6.07) is 4.56. The van der Waals surface area contributed by atoms with E-state index in [1.165, 1.54) is 12.5 Å². The molecule has 0 atom stereocenters. The van der Waals surface area contributed by atoms with Gasteiger partial charge in [0.25, 0.3) is 0 Å². The third-order valence-corrected chi connectivity index (χ3v) is 3.81. The number of aliphatic hydroxyl groups is 1. The Morgan fingerprint density at radius 2 is 2.18 bits per heavy atom. The standard InChI is InChI=1S/C13H17ClFNO/c14-11-2-3-12(15)10(6-11)7-16-8-13(9-17)4-1-5-13/h2-3,6,16-17H,1,4-5,7-9H2. The lowest BCUT2D eigenvalue weighted by Gasteiger charge is -2.40. The summed E-state index contributed by atoms with van der Waals surface area (Å²) in [5.41, 5.74) is 0.597. The van der Waals surface area contributed by atoms with Gasteiger partial charge in [-0.25, -0.2) is 4.39 Å². The van der Waals surface area contributed by atoms with Crippen LogP contribution in [0.1, 0.15) is 24.8 Å². The van der Waals surface area contributed by atoms with Gasteiger partial charge >= 0.3 is 0 Å². The molecule has 1 aliphatic rings. The lowest BCUT2D eigenvalue weighted by molar-refractivity contribution is 0.0444. The average Bonchev–Trinajstić information content (AvgIpc) is 2.27. The maximum atomic E-state index is 13.4. The van der Waals surface area contributed by atoms with E-state index in [0.717, 1.165) is 19.4 Å². The molecule has 0 amide bonds. The second-order valence-corrected chi connectivity index (χ2v) is 5.29. The summed E-state index contributed by atoms with van der Waals surface area (Å²) in [5.74, 6) is -0.242. The smallest absolute Gasteiger partial charge is 0.127 e. The molecule has 0 saturated heterocycles. The van der Waals surface area contributed by atoms with Crippen molar-refractivity contribution in [2.45, 2.75) is 25.8 Å². The Morgan fingerprint density at radius 1 is 1.41 bits per heavy atom. The van der Waals surface area contributed by atoms with Crippen molar-refractivity contribution < 1.29 is 9.50 Å². The number of aliphatic hydroxyl groups excluding tert-OH is 1. The van der Waals surface area contributed by atoms with Crippen LogP contribution in [0.15, 0.2) is 18.2 Å². The number of hydrogen-bond acceptors (Lipinski definition) is 2. The van der Waals surface area contributed by atoms with Crippen LogP contribution < -0.4 is 5.32 Å². The third kappa shape index (κ3) is 2.97. The Kier molecular flexibility index (Phi) is 4.02. The van der Waals surface area contributed by atoms with Crippen LogP contribution in [-0.4, -0.2) is 18.3 Å². The maximum absolute atomic E-state index is 13.4. The van der Waals surface area contributed by atoms with E-state index in [9.17, 15) is 9.50 Å². The quantitative estimate of drug-likeness (QED) is 0.850. The third-order valence-electron chi connectivity index (χ3n) is 3.57. The fourth-order valence-electron chi connectivity index (χ4n) is 2.21. The molecule has 0 aromatic heterocycles. The summed E-state index contributed by atoms with van der Waals surface area (Å²) in [6.45, 7) is 1.39. The zero-order valence-corrected chi connectivity index (χ0v) is 10.4. The molecule has 0 unspecified atom stereocenters. The van der Waals surface area contributed by atoms with E-state index in [1.807, 2.05) is 0 Å². The molecule has 2 rings (SSSR count). The number of benzene rings is 1. The van der Waals surface area contributed by atoms with E-state index in [-0.39, 0.29) is 17.8 Å². The number of rotatable bonds is 5. The van der Waals surface area contributed by atoms with Crippen molar-refractivity contribution in [2.75, 3.05) is 13.2 Å².